The number of nitrogens with one attached hydrogen (secondary N) is 2. The summed E-state index contributed by atoms with van der Waals surface area (Å²) in [5.41, 5.74) is -0.232. The monoisotopic (exact) mass is 312 g/mol. The predicted molar refractivity (Wildman–Crippen MR) is 79.3 cm³/mol. The van der Waals surface area contributed by atoms with Gasteiger partial charge in [0.25, 0.3) is 0 Å². The maximum Gasteiger partial charge on any atom is 0.344 e. The van der Waals surface area contributed by atoms with Crippen molar-refractivity contribution in [3.8, 4) is 0 Å². The molecule has 1 aromatic rings. The van der Waals surface area contributed by atoms with E-state index in [4.69, 9.17) is 0 Å². The van der Waals surface area contributed by atoms with Crippen LogP contribution < -0.4 is 11.0 Å². The Morgan fingerprint density at radius 1 is 1.48 bits per heavy atom. The molecule has 0 spiro atoms. The van der Waals surface area contributed by atoms with Crippen molar-refractivity contribution in [2.75, 3.05) is 5.75 Å². The fourth-order valence-electron chi connectivity index (χ4n) is 2.13. The number of carbonyl (C=O) groups is 2. The Morgan fingerprint density at radius 2 is 2.14 bits per heavy atom. The maximum atomic E-state index is 11.9. The zero-order valence-corrected chi connectivity index (χ0v) is 13.2. The van der Waals surface area contributed by atoms with Gasteiger partial charge in [-0.2, -0.15) is 0 Å². The molecule has 2 N–H and O–H groups in total. The summed E-state index contributed by atoms with van der Waals surface area (Å²) in [5.74, 6) is -0.107. The van der Waals surface area contributed by atoms with Gasteiger partial charge >= 0.3 is 5.69 Å². The Morgan fingerprint density at radius 3 is 2.67 bits per heavy atom. The summed E-state index contributed by atoms with van der Waals surface area (Å²) in [5, 5.41) is 9.60. The Kier molecular flexibility index (Phi) is 4.87. The van der Waals surface area contributed by atoms with Gasteiger partial charge in [0, 0.05) is 6.04 Å². The van der Waals surface area contributed by atoms with E-state index in [2.05, 4.69) is 15.5 Å². The van der Waals surface area contributed by atoms with E-state index < -0.39 is 6.04 Å². The second-order valence-electron chi connectivity index (χ2n) is 5.60. The number of aromatic amines is 1. The molecule has 0 bridgehead atoms. The van der Waals surface area contributed by atoms with Crippen molar-refractivity contribution in [1.29, 1.82) is 0 Å². The molecule has 1 aliphatic carbocycles. The van der Waals surface area contributed by atoms with Crippen LogP contribution in [0.25, 0.3) is 0 Å². The van der Waals surface area contributed by atoms with Gasteiger partial charge in [-0.25, -0.2) is 9.89 Å². The van der Waals surface area contributed by atoms with E-state index in [-0.39, 0.29) is 35.1 Å². The third kappa shape index (κ3) is 3.96. The highest BCUT2D eigenvalue weighted by molar-refractivity contribution is 7.99. The number of hydrogen-bond donors (Lipinski definition) is 2. The molecule has 0 radical (unpaired) electrons. The molecular formula is C13H20N4O3S. The minimum Gasteiger partial charge on any atom is -0.345 e. The molecule has 7 nitrogen and oxygen atoms in total. The van der Waals surface area contributed by atoms with Gasteiger partial charge in [-0.3, -0.25) is 14.2 Å². The molecule has 0 aliphatic heterocycles. The average Bonchev–Trinajstić information content (AvgIpc) is 3.17. The topological polar surface area (TPSA) is 96.8 Å². The second-order valence-corrected chi connectivity index (χ2v) is 6.54. The van der Waals surface area contributed by atoms with E-state index in [1.165, 1.54) is 18.7 Å². The fraction of sp³-hybridized carbons (Fsp3) is 0.692. The number of H-pyrrole nitrogens is 1. The van der Waals surface area contributed by atoms with Crippen LogP contribution in [0.2, 0.25) is 0 Å². The van der Waals surface area contributed by atoms with Crippen molar-refractivity contribution in [2.24, 2.45) is 5.92 Å². The molecule has 1 aromatic heterocycles. The van der Waals surface area contributed by atoms with Crippen LogP contribution in [0.15, 0.2) is 9.95 Å². The lowest BCUT2D eigenvalue weighted by molar-refractivity contribution is -0.126. The van der Waals surface area contributed by atoms with Crippen molar-refractivity contribution < 1.29 is 9.59 Å². The molecular weight excluding hydrogens is 292 g/mol. The summed E-state index contributed by atoms with van der Waals surface area (Å²) in [6.07, 6.45) is 1.94. The summed E-state index contributed by atoms with van der Waals surface area (Å²) >= 11 is 1.21. The Balaban J connectivity index is 1.92. The van der Waals surface area contributed by atoms with Crippen LogP contribution in [0, 0.1) is 5.92 Å². The first-order valence-electron chi connectivity index (χ1n) is 6.99. The van der Waals surface area contributed by atoms with E-state index in [1.54, 1.807) is 4.57 Å². The van der Waals surface area contributed by atoms with E-state index in [0.29, 0.717) is 5.16 Å². The SMILES string of the molecule is CC(=O)C(NC(=O)CSc1n[nH]c(=O)n1C1CC1)C(C)C. The van der Waals surface area contributed by atoms with Crippen LogP contribution in [-0.4, -0.2) is 38.2 Å². The second kappa shape index (κ2) is 6.46. The minimum absolute atomic E-state index is 0.0477. The third-order valence-electron chi connectivity index (χ3n) is 3.34. The Hall–Kier alpha value is -1.57. The van der Waals surface area contributed by atoms with E-state index >= 15 is 0 Å². The normalized spacial score (nSPS) is 16.0. The highest BCUT2D eigenvalue weighted by atomic mass is 32.2. The smallest absolute Gasteiger partial charge is 0.344 e. The molecule has 1 aliphatic rings. The molecule has 8 heteroatoms. The molecule has 0 saturated heterocycles. The number of rotatable bonds is 7. The summed E-state index contributed by atoms with van der Waals surface area (Å²) < 4.78 is 1.60. The van der Waals surface area contributed by atoms with Crippen molar-refractivity contribution in [3.05, 3.63) is 10.5 Å². The summed E-state index contributed by atoms with van der Waals surface area (Å²) in [6.45, 7) is 5.24. The van der Waals surface area contributed by atoms with E-state index in [1.807, 2.05) is 13.8 Å². The number of Topliss-reactive ketones (excluding diaryl/α,β-unsaturated/α-hetero) is 1. The van der Waals surface area contributed by atoms with E-state index in [9.17, 15) is 14.4 Å². The highest BCUT2D eigenvalue weighted by Gasteiger charge is 2.29. The van der Waals surface area contributed by atoms with E-state index in [0.717, 1.165) is 12.8 Å². The molecule has 21 heavy (non-hydrogen) atoms. The summed E-state index contributed by atoms with van der Waals surface area (Å²) in [4.78, 5) is 35.0. The quantitative estimate of drug-likeness (QED) is 0.723. The van der Waals surface area contributed by atoms with Crippen LogP contribution in [0.5, 0.6) is 0 Å². The number of ketones is 1. The highest BCUT2D eigenvalue weighted by Crippen LogP contribution is 2.35. The number of amides is 1. The Labute approximate surface area is 126 Å². The zero-order chi connectivity index (χ0) is 15.6. The standard InChI is InChI=1S/C13H20N4O3S/c1-7(2)11(8(3)18)14-10(19)6-21-13-16-15-12(20)17(13)9-4-5-9/h7,9,11H,4-6H2,1-3H3,(H,14,19)(H,15,20). The first-order chi connectivity index (χ1) is 9.90. The maximum absolute atomic E-state index is 11.9. The number of thioether (sulfide) groups is 1. The fourth-order valence-corrected chi connectivity index (χ4v) is 2.95. The molecule has 1 saturated carbocycles. The van der Waals surface area contributed by atoms with Gasteiger partial charge in [-0.05, 0) is 25.7 Å². The molecule has 1 atom stereocenters. The first-order valence-corrected chi connectivity index (χ1v) is 7.98. The largest absolute Gasteiger partial charge is 0.345 e. The van der Waals surface area contributed by atoms with Gasteiger partial charge in [0.2, 0.25) is 5.91 Å². The predicted octanol–water partition coefficient (Wildman–Crippen LogP) is 0.728. The van der Waals surface area contributed by atoms with Gasteiger partial charge in [-0.15, -0.1) is 5.10 Å². The van der Waals surface area contributed by atoms with Gasteiger partial charge in [0.1, 0.15) is 0 Å². The molecule has 0 aromatic carbocycles. The van der Waals surface area contributed by atoms with Crippen LogP contribution in [0.1, 0.15) is 39.7 Å². The lowest BCUT2D eigenvalue weighted by atomic mass is 10.0. The van der Waals surface area contributed by atoms with Gasteiger partial charge in [0.15, 0.2) is 10.9 Å². The average molecular weight is 312 g/mol. The first kappa shape index (κ1) is 15.8. The lowest BCUT2D eigenvalue weighted by Crippen LogP contribution is -2.44. The molecule has 116 valence electrons. The molecule has 2 rings (SSSR count). The van der Waals surface area contributed by atoms with Crippen molar-refractivity contribution in [3.63, 3.8) is 0 Å². The van der Waals surface area contributed by atoms with Crippen LogP contribution in [0.4, 0.5) is 0 Å². The third-order valence-corrected chi connectivity index (χ3v) is 4.29. The molecule has 1 amide bonds. The zero-order valence-electron chi connectivity index (χ0n) is 12.4. The van der Waals surface area contributed by atoms with Crippen LogP contribution in [0.3, 0.4) is 0 Å². The lowest BCUT2D eigenvalue weighted by Gasteiger charge is -2.19. The summed E-state index contributed by atoms with van der Waals surface area (Å²) in [7, 11) is 0. The van der Waals surface area contributed by atoms with Crippen molar-refractivity contribution in [2.45, 2.75) is 50.9 Å². The van der Waals surface area contributed by atoms with Gasteiger partial charge in [0.05, 0.1) is 11.8 Å². The molecule has 1 fully saturated rings. The minimum atomic E-state index is -0.470. The number of aromatic nitrogens is 3. The molecule has 1 unspecified atom stereocenters. The number of hydrogen-bond acceptors (Lipinski definition) is 5. The number of carbonyl (C=O) groups excluding carboxylic acids is 2. The van der Waals surface area contributed by atoms with Crippen molar-refractivity contribution in [1.82, 2.24) is 20.1 Å². The van der Waals surface area contributed by atoms with Crippen LogP contribution in [-0.2, 0) is 9.59 Å². The Bertz CT molecular complexity index is 588. The van der Waals surface area contributed by atoms with Crippen molar-refractivity contribution >= 4 is 23.5 Å². The van der Waals surface area contributed by atoms with Gasteiger partial charge in [-0.1, -0.05) is 25.6 Å². The molecule has 1 heterocycles. The summed E-state index contributed by atoms with van der Waals surface area (Å²) in [6, 6.07) is -0.259. The number of nitrogens with zero attached hydrogens (tertiary/aromatic N) is 2. The van der Waals surface area contributed by atoms with Crippen LogP contribution >= 0.6 is 11.8 Å². The van der Waals surface area contributed by atoms with Gasteiger partial charge < -0.3 is 5.32 Å².